The first-order valence-electron chi connectivity index (χ1n) is 6.73. The van der Waals surface area contributed by atoms with Crippen LogP contribution in [0.25, 0.3) is 0 Å². The monoisotopic (exact) mass is 391 g/mol. The van der Waals surface area contributed by atoms with E-state index >= 15 is 0 Å². The van der Waals surface area contributed by atoms with Crippen molar-refractivity contribution in [2.24, 2.45) is 0 Å². The minimum absolute atomic E-state index is 0.117. The predicted octanol–water partition coefficient (Wildman–Crippen LogP) is 4.68. The number of ether oxygens (including phenoxy) is 1. The molecule has 2 nitrogen and oxygen atoms in total. The molecule has 0 spiro atoms. The Balaban J connectivity index is 2.30. The minimum atomic E-state index is 0.117. The molecule has 0 fully saturated rings. The zero-order valence-electron chi connectivity index (χ0n) is 11.1. The Morgan fingerprint density at radius 1 is 1.47 bits per heavy atom. The predicted molar refractivity (Wildman–Crippen MR) is 88.5 cm³/mol. The van der Waals surface area contributed by atoms with Crippen molar-refractivity contribution in [2.45, 2.75) is 32.2 Å². The number of halogens is 2. The molecule has 4 heteroatoms. The van der Waals surface area contributed by atoms with E-state index in [-0.39, 0.29) is 6.04 Å². The molecular formula is C15H19ClINO. The summed E-state index contributed by atoms with van der Waals surface area (Å²) in [6.45, 7) is 3.95. The average molecular weight is 392 g/mol. The Hall–Kier alpha value is -0.260. The zero-order valence-corrected chi connectivity index (χ0v) is 14.0. The lowest BCUT2D eigenvalue weighted by atomic mass is 10.0. The molecule has 1 unspecified atom stereocenters. The van der Waals surface area contributed by atoms with Gasteiger partial charge in [-0.3, -0.25) is 0 Å². The Morgan fingerprint density at radius 2 is 2.32 bits per heavy atom. The maximum Gasteiger partial charge on any atom is 0.113 e. The van der Waals surface area contributed by atoms with E-state index in [0.29, 0.717) is 0 Å². The Kier molecular flexibility index (Phi) is 5.98. The number of rotatable bonds is 5. The highest BCUT2D eigenvalue weighted by Gasteiger charge is 2.21. The smallest absolute Gasteiger partial charge is 0.113 e. The first kappa shape index (κ1) is 15.1. The highest BCUT2D eigenvalue weighted by Crippen LogP contribution is 2.31. The van der Waals surface area contributed by atoms with E-state index < -0.39 is 0 Å². The summed E-state index contributed by atoms with van der Waals surface area (Å²) in [6, 6.07) is 6.14. The first-order valence-corrected chi connectivity index (χ1v) is 8.19. The van der Waals surface area contributed by atoms with Crippen LogP contribution in [0.2, 0.25) is 5.02 Å². The fourth-order valence-corrected chi connectivity index (χ4v) is 2.99. The highest BCUT2D eigenvalue weighted by atomic mass is 127. The van der Waals surface area contributed by atoms with Crippen LogP contribution in [-0.2, 0) is 4.74 Å². The van der Waals surface area contributed by atoms with E-state index in [4.69, 9.17) is 16.3 Å². The van der Waals surface area contributed by atoms with Crippen molar-refractivity contribution < 1.29 is 4.74 Å². The number of benzene rings is 1. The van der Waals surface area contributed by atoms with Gasteiger partial charge >= 0.3 is 0 Å². The van der Waals surface area contributed by atoms with E-state index in [0.717, 1.165) is 43.2 Å². The number of nitrogens with one attached hydrogen (secondary N) is 1. The molecule has 0 amide bonds. The van der Waals surface area contributed by atoms with Crippen LogP contribution in [0.1, 0.15) is 37.8 Å². The number of hydrogen-bond acceptors (Lipinski definition) is 2. The van der Waals surface area contributed by atoms with Crippen molar-refractivity contribution in [2.75, 3.05) is 13.2 Å². The Morgan fingerprint density at radius 3 is 3.00 bits per heavy atom. The van der Waals surface area contributed by atoms with Gasteiger partial charge in [-0.1, -0.05) is 18.5 Å². The molecule has 104 valence electrons. The maximum atomic E-state index is 6.14. The largest absolute Gasteiger partial charge is 0.496 e. The van der Waals surface area contributed by atoms with Gasteiger partial charge < -0.3 is 10.1 Å². The summed E-state index contributed by atoms with van der Waals surface area (Å²) in [4.78, 5) is 0. The van der Waals surface area contributed by atoms with Gasteiger partial charge in [0, 0.05) is 8.59 Å². The molecule has 0 saturated heterocycles. The third-order valence-electron chi connectivity index (χ3n) is 3.11. The maximum absolute atomic E-state index is 6.14. The normalized spacial score (nSPS) is 16.7. The standard InChI is InChI=1S/C15H19ClINO/c1-2-8-18-15(14-5-3-4-9-19-14)12-10-11(16)6-7-13(12)17/h5-7,10,15,18H,2-4,8-9H2,1H3. The highest BCUT2D eigenvalue weighted by molar-refractivity contribution is 14.1. The molecule has 1 N–H and O–H groups in total. The van der Waals surface area contributed by atoms with Gasteiger partial charge in [-0.25, -0.2) is 0 Å². The summed E-state index contributed by atoms with van der Waals surface area (Å²) in [6.07, 6.45) is 5.50. The van der Waals surface area contributed by atoms with Crippen LogP contribution in [-0.4, -0.2) is 13.2 Å². The molecule has 1 heterocycles. The second-order valence-corrected chi connectivity index (χ2v) is 6.25. The molecule has 1 aliphatic heterocycles. The molecular weight excluding hydrogens is 373 g/mol. The van der Waals surface area contributed by atoms with Crippen molar-refractivity contribution in [1.29, 1.82) is 0 Å². The molecule has 1 aromatic carbocycles. The summed E-state index contributed by atoms with van der Waals surface area (Å²) in [5.41, 5.74) is 1.20. The fourth-order valence-electron chi connectivity index (χ4n) is 2.17. The third kappa shape index (κ3) is 4.10. The van der Waals surface area contributed by atoms with Crippen LogP contribution in [0.3, 0.4) is 0 Å². The SMILES string of the molecule is CCCNC(C1=CCCCO1)c1cc(Cl)ccc1I. The molecule has 19 heavy (non-hydrogen) atoms. The Labute approximate surface area is 133 Å². The topological polar surface area (TPSA) is 21.3 Å². The molecule has 1 atom stereocenters. The number of hydrogen-bond donors (Lipinski definition) is 1. The van der Waals surface area contributed by atoms with Crippen molar-refractivity contribution in [3.63, 3.8) is 0 Å². The van der Waals surface area contributed by atoms with Gasteiger partial charge in [0.25, 0.3) is 0 Å². The summed E-state index contributed by atoms with van der Waals surface area (Å²) in [5.74, 6) is 1.04. The van der Waals surface area contributed by atoms with Crippen LogP contribution in [0, 0.1) is 3.57 Å². The van der Waals surface area contributed by atoms with Crippen molar-refractivity contribution >= 4 is 34.2 Å². The van der Waals surface area contributed by atoms with Gasteiger partial charge in [0.2, 0.25) is 0 Å². The lowest BCUT2D eigenvalue weighted by molar-refractivity contribution is 0.167. The molecule has 2 rings (SSSR count). The molecule has 1 aliphatic rings. The minimum Gasteiger partial charge on any atom is -0.496 e. The average Bonchev–Trinajstić information content (AvgIpc) is 2.44. The second kappa shape index (κ2) is 7.50. The van der Waals surface area contributed by atoms with Crippen molar-refractivity contribution in [1.82, 2.24) is 5.32 Å². The molecule has 0 aromatic heterocycles. The van der Waals surface area contributed by atoms with Crippen molar-refractivity contribution in [3.8, 4) is 0 Å². The van der Waals surface area contributed by atoms with E-state index in [2.05, 4.69) is 47.0 Å². The summed E-state index contributed by atoms with van der Waals surface area (Å²) < 4.78 is 7.05. The van der Waals surface area contributed by atoms with E-state index in [1.54, 1.807) is 0 Å². The van der Waals surface area contributed by atoms with Crippen LogP contribution < -0.4 is 5.32 Å². The van der Waals surface area contributed by atoms with E-state index in [1.807, 2.05) is 12.1 Å². The van der Waals surface area contributed by atoms with Crippen molar-refractivity contribution in [3.05, 3.63) is 44.2 Å². The second-order valence-electron chi connectivity index (χ2n) is 4.65. The van der Waals surface area contributed by atoms with E-state index in [9.17, 15) is 0 Å². The van der Waals surface area contributed by atoms with Crippen LogP contribution >= 0.6 is 34.2 Å². The van der Waals surface area contributed by atoms with Gasteiger partial charge in [0.15, 0.2) is 0 Å². The molecule has 0 bridgehead atoms. The van der Waals surface area contributed by atoms with E-state index in [1.165, 1.54) is 9.13 Å². The zero-order chi connectivity index (χ0) is 13.7. The summed E-state index contributed by atoms with van der Waals surface area (Å²) >= 11 is 8.50. The Bertz CT molecular complexity index is 461. The first-order chi connectivity index (χ1) is 9.22. The van der Waals surface area contributed by atoms with Gasteiger partial charge in [0.1, 0.15) is 5.76 Å². The lowest BCUT2D eigenvalue weighted by Crippen LogP contribution is -2.27. The molecule has 1 aromatic rings. The van der Waals surface area contributed by atoms with Gasteiger partial charge in [-0.2, -0.15) is 0 Å². The fraction of sp³-hybridized carbons (Fsp3) is 0.467. The molecule has 0 aliphatic carbocycles. The number of allylic oxidation sites excluding steroid dienone is 1. The van der Waals surface area contributed by atoms with Crippen LogP contribution in [0.15, 0.2) is 30.0 Å². The van der Waals surface area contributed by atoms with Gasteiger partial charge in [-0.15, -0.1) is 0 Å². The van der Waals surface area contributed by atoms with Gasteiger partial charge in [0.05, 0.1) is 12.6 Å². The van der Waals surface area contributed by atoms with Crippen LogP contribution in [0.4, 0.5) is 0 Å². The van der Waals surface area contributed by atoms with Crippen LogP contribution in [0.5, 0.6) is 0 Å². The van der Waals surface area contributed by atoms with Gasteiger partial charge in [-0.05, 0) is 78.2 Å². The summed E-state index contributed by atoms with van der Waals surface area (Å²) in [5, 5.41) is 4.34. The molecule has 0 saturated carbocycles. The quantitative estimate of drug-likeness (QED) is 0.736. The summed E-state index contributed by atoms with van der Waals surface area (Å²) in [7, 11) is 0. The molecule has 0 radical (unpaired) electrons. The lowest BCUT2D eigenvalue weighted by Gasteiger charge is -2.26. The third-order valence-corrected chi connectivity index (χ3v) is 4.33.